The topological polar surface area (TPSA) is 161 Å². The molecule has 0 bridgehead atoms. The number of benzene rings is 1. The lowest BCUT2D eigenvalue weighted by atomic mass is 9.88. The third-order valence-electron chi connectivity index (χ3n) is 6.70. The van der Waals surface area contributed by atoms with Crippen molar-refractivity contribution in [3.05, 3.63) is 54.0 Å². The first-order valence-electron chi connectivity index (χ1n) is 11.9. The molecule has 204 valence electrons. The van der Waals surface area contributed by atoms with E-state index < -0.39 is 31.8 Å². The zero-order valence-electron chi connectivity index (χ0n) is 20.4. The van der Waals surface area contributed by atoms with Crippen molar-refractivity contribution in [2.75, 3.05) is 39.9 Å². The Bertz CT molecular complexity index is 1300. The Morgan fingerprint density at radius 3 is 2.65 bits per heavy atom. The van der Waals surface area contributed by atoms with E-state index in [0.29, 0.717) is 49.4 Å². The van der Waals surface area contributed by atoms with Crippen LogP contribution < -0.4 is 19.5 Å². The van der Waals surface area contributed by atoms with Crippen LogP contribution >= 0.6 is 0 Å². The summed E-state index contributed by atoms with van der Waals surface area (Å²) in [5.74, 6) is 0.334. The number of ether oxygens (including phenoxy) is 2. The van der Waals surface area contributed by atoms with E-state index in [4.69, 9.17) is 9.47 Å². The van der Waals surface area contributed by atoms with Gasteiger partial charge in [0, 0.05) is 37.8 Å². The smallest absolute Gasteiger partial charge is 0.249 e. The van der Waals surface area contributed by atoms with Gasteiger partial charge in [-0.05, 0) is 44.5 Å². The highest BCUT2D eigenvalue weighted by atomic mass is 32.2. The molecule has 0 aliphatic carbocycles. The van der Waals surface area contributed by atoms with Crippen molar-refractivity contribution in [2.24, 2.45) is 0 Å². The van der Waals surface area contributed by atoms with Crippen molar-refractivity contribution < 1.29 is 36.1 Å². The fourth-order valence-corrected chi connectivity index (χ4v) is 6.81. The first kappa shape index (κ1) is 27.7. The van der Waals surface area contributed by atoms with E-state index in [1.807, 2.05) is 0 Å². The lowest BCUT2D eigenvalue weighted by Gasteiger charge is -2.37. The van der Waals surface area contributed by atoms with Crippen molar-refractivity contribution in [1.29, 1.82) is 0 Å². The molecule has 37 heavy (non-hydrogen) atoms. The number of nitrogens with zero attached hydrogens (tertiary/aromatic N) is 2. The van der Waals surface area contributed by atoms with E-state index in [1.165, 1.54) is 41.8 Å². The van der Waals surface area contributed by atoms with Crippen LogP contribution in [0.2, 0.25) is 0 Å². The Morgan fingerprint density at radius 1 is 1.22 bits per heavy atom. The van der Waals surface area contributed by atoms with Crippen LogP contribution in [-0.4, -0.2) is 83.9 Å². The summed E-state index contributed by atoms with van der Waals surface area (Å²) >= 11 is 0. The Labute approximate surface area is 216 Å². The summed E-state index contributed by atoms with van der Waals surface area (Å²) in [5.41, 5.74) is -0.431. The highest BCUT2D eigenvalue weighted by Gasteiger charge is 2.45. The zero-order valence-corrected chi connectivity index (χ0v) is 22.1. The lowest BCUT2D eigenvalue weighted by molar-refractivity contribution is -0.607. The van der Waals surface area contributed by atoms with E-state index in [0.717, 1.165) is 6.20 Å². The van der Waals surface area contributed by atoms with E-state index >= 15 is 0 Å². The van der Waals surface area contributed by atoms with Gasteiger partial charge in [-0.2, -0.15) is 9.04 Å². The summed E-state index contributed by atoms with van der Waals surface area (Å²) in [5, 5.41) is 25.1. The normalized spacial score (nSPS) is 21.2. The van der Waals surface area contributed by atoms with Crippen molar-refractivity contribution in [1.82, 2.24) is 14.3 Å². The van der Waals surface area contributed by atoms with Crippen LogP contribution in [0.1, 0.15) is 19.3 Å². The predicted octanol–water partition coefficient (Wildman–Crippen LogP) is -0.430. The van der Waals surface area contributed by atoms with Crippen LogP contribution in [0.3, 0.4) is 0 Å². The minimum Gasteiger partial charge on any atom is -0.619 e. The minimum absolute atomic E-state index is 0.00421. The molecule has 1 spiro atoms. The van der Waals surface area contributed by atoms with Crippen LogP contribution in [-0.2, 0) is 24.8 Å². The number of sulfonamides is 2. The summed E-state index contributed by atoms with van der Waals surface area (Å²) < 4.78 is 65.4. The van der Waals surface area contributed by atoms with Gasteiger partial charge in [-0.15, -0.1) is 0 Å². The van der Waals surface area contributed by atoms with Crippen LogP contribution in [0.4, 0.5) is 0 Å². The maximum Gasteiger partial charge on any atom is 0.249 e. The Kier molecular flexibility index (Phi) is 8.38. The van der Waals surface area contributed by atoms with E-state index in [-0.39, 0.29) is 29.0 Å². The highest BCUT2D eigenvalue weighted by molar-refractivity contribution is 7.89. The van der Waals surface area contributed by atoms with E-state index in [2.05, 4.69) is 10.0 Å². The highest BCUT2D eigenvalue weighted by Crippen LogP contribution is 2.37. The third kappa shape index (κ3) is 6.57. The zero-order chi connectivity index (χ0) is 26.7. The summed E-state index contributed by atoms with van der Waals surface area (Å²) in [4.78, 5) is 0.0459. The summed E-state index contributed by atoms with van der Waals surface area (Å²) in [6.07, 6.45) is 3.22. The molecule has 4 rings (SSSR count). The molecule has 1 aromatic carbocycles. The molecule has 0 amide bonds. The number of aromatic nitrogens is 1. The third-order valence-corrected chi connectivity index (χ3v) is 9.99. The summed E-state index contributed by atoms with van der Waals surface area (Å²) in [7, 11) is -6.01. The molecule has 0 radical (unpaired) electrons. The van der Waals surface area contributed by atoms with Gasteiger partial charge in [0.2, 0.25) is 20.0 Å². The van der Waals surface area contributed by atoms with Crippen molar-refractivity contribution in [3.63, 3.8) is 0 Å². The molecule has 2 atom stereocenters. The van der Waals surface area contributed by atoms with Gasteiger partial charge in [0.15, 0.2) is 12.4 Å². The number of aliphatic hydroxyl groups excluding tert-OH is 1. The van der Waals surface area contributed by atoms with Crippen molar-refractivity contribution in [3.8, 4) is 5.75 Å². The molecule has 2 aromatic rings. The molecular weight excluding hydrogens is 524 g/mol. The number of aliphatic hydroxyl groups is 1. The van der Waals surface area contributed by atoms with Gasteiger partial charge in [-0.25, -0.2) is 21.6 Å². The minimum atomic E-state index is -3.75. The Morgan fingerprint density at radius 2 is 1.95 bits per heavy atom. The standard InChI is InChI=1S/C23H32N4O8S2/c1-24-36(30,31)21-5-2-4-20(12-21)34-17-19(28)14-25-18-13-23(35-16-18)7-10-27(11-8-23)37(32,33)22-6-3-9-26(29)15-22/h2-6,9,12,15,18-19,24-25,28H,7-8,10-11,13-14,16-17H2,1H3/t18-,19?/m1/s1. The van der Waals surface area contributed by atoms with Gasteiger partial charge in [0.1, 0.15) is 23.4 Å². The van der Waals surface area contributed by atoms with Gasteiger partial charge in [-0.1, -0.05) is 6.07 Å². The second-order valence-electron chi connectivity index (χ2n) is 9.25. The summed E-state index contributed by atoms with van der Waals surface area (Å²) in [6.45, 7) is 1.26. The molecule has 3 heterocycles. The number of piperidine rings is 1. The molecule has 2 saturated heterocycles. The Balaban J connectivity index is 1.23. The molecule has 2 fully saturated rings. The van der Waals surface area contributed by atoms with Gasteiger partial charge in [-0.3, -0.25) is 0 Å². The lowest BCUT2D eigenvalue weighted by Crippen LogP contribution is -2.47. The monoisotopic (exact) mass is 556 g/mol. The molecular formula is C23H32N4O8S2. The number of rotatable bonds is 10. The number of pyridine rings is 1. The molecule has 12 nitrogen and oxygen atoms in total. The predicted molar refractivity (Wildman–Crippen MR) is 133 cm³/mol. The molecule has 3 N–H and O–H groups in total. The fourth-order valence-electron chi connectivity index (χ4n) is 4.60. The SMILES string of the molecule is CNS(=O)(=O)c1cccc(OCC(O)CN[C@H]2COC3(CCN(S(=O)(=O)c4ccc[n+]([O-])c4)CC3)C2)c1. The van der Waals surface area contributed by atoms with Gasteiger partial charge >= 0.3 is 0 Å². The first-order valence-corrected chi connectivity index (χ1v) is 14.9. The number of hydrogen-bond acceptors (Lipinski definition) is 9. The molecule has 0 saturated carbocycles. The average molecular weight is 557 g/mol. The second-order valence-corrected chi connectivity index (χ2v) is 13.1. The van der Waals surface area contributed by atoms with Crippen LogP contribution in [0.5, 0.6) is 5.75 Å². The molecule has 14 heteroatoms. The molecule has 1 aromatic heterocycles. The number of nitrogens with one attached hydrogen (secondary N) is 2. The molecule has 2 aliphatic rings. The van der Waals surface area contributed by atoms with E-state index in [9.17, 15) is 27.1 Å². The quantitative estimate of drug-likeness (QED) is 0.260. The van der Waals surface area contributed by atoms with Crippen LogP contribution in [0.15, 0.2) is 58.6 Å². The average Bonchev–Trinajstić information content (AvgIpc) is 3.28. The van der Waals surface area contributed by atoms with Gasteiger partial charge in [0.25, 0.3) is 0 Å². The van der Waals surface area contributed by atoms with Gasteiger partial charge < -0.3 is 25.1 Å². The van der Waals surface area contributed by atoms with Crippen molar-refractivity contribution in [2.45, 2.75) is 46.8 Å². The van der Waals surface area contributed by atoms with Gasteiger partial charge in [0.05, 0.1) is 17.1 Å². The maximum absolute atomic E-state index is 12.9. The largest absolute Gasteiger partial charge is 0.619 e. The fraction of sp³-hybridized carbons (Fsp3) is 0.522. The van der Waals surface area contributed by atoms with Crippen LogP contribution in [0.25, 0.3) is 0 Å². The first-order chi connectivity index (χ1) is 17.5. The Hall–Kier alpha value is -2.33. The molecule has 1 unspecified atom stereocenters. The number of hydrogen-bond donors (Lipinski definition) is 3. The molecule has 2 aliphatic heterocycles. The second kappa shape index (κ2) is 11.2. The van der Waals surface area contributed by atoms with Crippen LogP contribution in [0, 0.1) is 5.21 Å². The van der Waals surface area contributed by atoms with E-state index in [1.54, 1.807) is 12.1 Å². The van der Waals surface area contributed by atoms with Crippen molar-refractivity contribution >= 4 is 20.0 Å². The maximum atomic E-state index is 12.9. The summed E-state index contributed by atoms with van der Waals surface area (Å²) in [6, 6.07) is 8.85.